The van der Waals surface area contributed by atoms with Crippen molar-refractivity contribution in [2.45, 2.75) is 25.2 Å². The molecule has 1 N–H and O–H groups in total. The van der Waals surface area contributed by atoms with Gasteiger partial charge in [0.05, 0.1) is 5.25 Å². The van der Waals surface area contributed by atoms with Crippen molar-refractivity contribution in [3.05, 3.63) is 71.7 Å². The molecule has 162 valence electrons. The van der Waals surface area contributed by atoms with Crippen LogP contribution in [0, 0.1) is 6.92 Å². The molecule has 1 atom stereocenters. The van der Waals surface area contributed by atoms with Gasteiger partial charge in [-0.05, 0) is 43.3 Å². The van der Waals surface area contributed by atoms with Gasteiger partial charge < -0.3 is 13.7 Å². The molecule has 2 amide bonds. The van der Waals surface area contributed by atoms with Crippen LogP contribution in [-0.4, -0.2) is 25.9 Å². The Balaban J connectivity index is 1.32. The minimum Gasteiger partial charge on any atom is -0.487 e. The Morgan fingerprint density at radius 3 is 2.72 bits per heavy atom. The first-order valence-electron chi connectivity index (χ1n) is 10.2. The van der Waals surface area contributed by atoms with Gasteiger partial charge in [0.2, 0.25) is 11.8 Å². The number of nitrogens with one attached hydrogen (secondary N) is 1. The van der Waals surface area contributed by atoms with Crippen molar-refractivity contribution in [3.8, 4) is 17.2 Å². The van der Waals surface area contributed by atoms with Crippen LogP contribution >= 0.6 is 11.8 Å². The minimum absolute atomic E-state index is 0.230. The van der Waals surface area contributed by atoms with Gasteiger partial charge in [0, 0.05) is 35.6 Å². The number of rotatable bonds is 6. The highest BCUT2D eigenvalue weighted by molar-refractivity contribution is 8.15. The number of thioether (sulfide) groups is 1. The average molecular weight is 448 g/mol. The number of hydrogen-bond acceptors (Lipinski definition) is 6. The first-order valence-corrected chi connectivity index (χ1v) is 11.1. The molecule has 5 rings (SSSR count). The van der Waals surface area contributed by atoms with Gasteiger partial charge in [-0.3, -0.25) is 14.9 Å². The van der Waals surface area contributed by atoms with E-state index >= 15 is 0 Å². The van der Waals surface area contributed by atoms with Crippen LogP contribution in [0.3, 0.4) is 0 Å². The first-order chi connectivity index (χ1) is 15.5. The third kappa shape index (κ3) is 3.89. The van der Waals surface area contributed by atoms with Crippen LogP contribution < -0.4 is 10.1 Å². The Morgan fingerprint density at radius 1 is 1.16 bits per heavy atom. The van der Waals surface area contributed by atoms with E-state index < -0.39 is 5.25 Å². The SMILES string of the molecule is Cc1oc(-c2ccccc2)nc1COc1ccc2c(c1)cc(CC1SC(=O)NC1=O)n2C. The maximum Gasteiger partial charge on any atom is 0.286 e. The van der Waals surface area contributed by atoms with Crippen molar-refractivity contribution < 1.29 is 18.7 Å². The van der Waals surface area contributed by atoms with E-state index in [0.717, 1.165) is 51.1 Å². The molecule has 1 aliphatic heterocycles. The number of nitrogens with zero attached hydrogens (tertiary/aromatic N) is 2. The monoisotopic (exact) mass is 447 g/mol. The van der Waals surface area contributed by atoms with Crippen LogP contribution in [0.2, 0.25) is 0 Å². The molecular weight excluding hydrogens is 426 g/mol. The summed E-state index contributed by atoms with van der Waals surface area (Å²) in [6.07, 6.45) is 0.490. The number of imide groups is 1. The van der Waals surface area contributed by atoms with E-state index in [2.05, 4.69) is 10.3 Å². The van der Waals surface area contributed by atoms with Crippen molar-refractivity contribution in [2.75, 3.05) is 0 Å². The fourth-order valence-electron chi connectivity index (χ4n) is 3.81. The van der Waals surface area contributed by atoms with Crippen LogP contribution in [0.5, 0.6) is 5.75 Å². The van der Waals surface area contributed by atoms with Gasteiger partial charge >= 0.3 is 0 Å². The van der Waals surface area contributed by atoms with Gasteiger partial charge in [-0.25, -0.2) is 4.98 Å². The third-order valence-electron chi connectivity index (χ3n) is 5.56. The summed E-state index contributed by atoms with van der Waals surface area (Å²) in [6.45, 7) is 2.18. The average Bonchev–Trinajstić information content (AvgIpc) is 3.42. The fraction of sp³-hybridized carbons (Fsp3) is 0.208. The van der Waals surface area contributed by atoms with E-state index in [1.807, 2.05) is 73.1 Å². The highest BCUT2D eigenvalue weighted by atomic mass is 32.2. The van der Waals surface area contributed by atoms with Crippen molar-refractivity contribution in [2.24, 2.45) is 7.05 Å². The quantitative estimate of drug-likeness (QED) is 0.464. The summed E-state index contributed by atoms with van der Waals surface area (Å²) in [4.78, 5) is 27.9. The lowest BCUT2D eigenvalue weighted by atomic mass is 10.2. The van der Waals surface area contributed by atoms with Gasteiger partial charge in [-0.2, -0.15) is 0 Å². The van der Waals surface area contributed by atoms with Crippen molar-refractivity contribution >= 4 is 33.8 Å². The lowest BCUT2D eigenvalue weighted by Gasteiger charge is -2.07. The number of benzene rings is 2. The number of aromatic nitrogens is 2. The Kier molecular flexibility index (Phi) is 5.22. The zero-order chi connectivity index (χ0) is 22.2. The summed E-state index contributed by atoms with van der Waals surface area (Å²) in [5.41, 5.74) is 3.70. The van der Waals surface area contributed by atoms with Crippen LogP contribution in [0.25, 0.3) is 22.4 Å². The lowest BCUT2D eigenvalue weighted by Crippen LogP contribution is -2.25. The van der Waals surface area contributed by atoms with Gasteiger partial charge in [0.1, 0.15) is 23.8 Å². The zero-order valence-electron chi connectivity index (χ0n) is 17.6. The number of hydrogen-bond donors (Lipinski definition) is 1. The fourth-order valence-corrected chi connectivity index (χ4v) is 4.64. The predicted molar refractivity (Wildman–Crippen MR) is 123 cm³/mol. The number of fused-ring (bicyclic) bond motifs is 1. The van der Waals surface area contributed by atoms with E-state index in [1.165, 1.54) is 0 Å². The lowest BCUT2D eigenvalue weighted by molar-refractivity contribution is -0.118. The Labute approximate surface area is 188 Å². The molecule has 0 aliphatic carbocycles. The van der Waals surface area contributed by atoms with Crippen molar-refractivity contribution in [3.63, 3.8) is 0 Å². The molecule has 2 aromatic carbocycles. The predicted octanol–water partition coefficient (Wildman–Crippen LogP) is 4.61. The number of oxazole rings is 1. The third-order valence-corrected chi connectivity index (χ3v) is 6.55. The van der Waals surface area contributed by atoms with Crippen LogP contribution in [0.1, 0.15) is 17.1 Å². The molecule has 1 fully saturated rings. The zero-order valence-corrected chi connectivity index (χ0v) is 18.4. The van der Waals surface area contributed by atoms with Gasteiger partial charge in [-0.15, -0.1) is 0 Å². The number of amides is 2. The second-order valence-electron chi connectivity index (χ2n) is 7.68. The molecule has 1 unspecified atom stereocenters. The van der Waals surface area contributed by atoms with E-state index in [9.17, 15) is 9.59 Å². The smallest absolute Gasteiger partial charge is 0.286 e. The largest absolute Gasteiger partial charge is 0.487 e. The van der Waals surface area contributed by atoms with Gasteiger partial charge in [-0.1, -0.05) is 30.0 Å². The summed E-state index contributed by atoms with van der Waals surface area (Å²) in [5, 5.41) is 2.67. The molecule has 7 nitrogen and oxygen atoms in total. The molecule has 1 aliphatic rings. The van der Waals surface area contributed by atoms with Gasteiger partial charge in [0.15, 0.2) is 0 Å². The first kappa shape index (κ1) is 20.4. The van der Waals surface area contributed by atoms with Crippen molar-refractivity contribution in [1.29, 1.82) is 0 Å². The maximum absolute atomic E-state index is 11.9. The molecule has 8 heteroatoms. The Morgan fingerprint density at radius 2 is 1.97 bits per heavy atom. The summed E-state index contributed by atoms with van der Waals surface area (Å²) in [6, 6.07) is 17.7. The summed E-state index contributed by atoms with van der Waals surface area (Å²) < 4.78 is 13.8. The molecule has 4 aromatic rings. The molecule has 2 aromatic heterocycles. The van der Waals surface area contributed by atoms with Crippen LogP contribution in [0.4, 0.5) is 4.79 Å². The molecular formula is C24H21N3O4S. The number of ether oxygens (including phenoxy) is 1. The molecule has 0 saturated carbocycles. The number of carbonyl (C=O) groups is 2. The number of aryl methyl sites for hydroxylation is 2. The van der Waals surface area contributed by atoms with Crippen LogP contribution in [0.15, 0.2) is 59.0 Å². The van der Waals surface area contributed by atoms with E-state index in [0.29, 0.717) is 18.9 Å². The molecule has 1 saturated heterocycles. The summed E-state index contributed by atoms with van der Waals surface area (Å²) >= 11 is 1.04. The maximum atomic E-state index is 11.9. The highest BCUT2D eigenvalue weighted by Gasteiger charge is 2.32. The normalized spacial score (nSPS) is 16.0. The number of carbonyl (C=O) groups excluding carboxylic acids is 2. The second kappa shape index (κ2) is 8.20. The summed E-state index contributed by atoms with van der Waals surface area (Å²) in [7, 11) is 1.96. The molecule has 3 heterocycles. The molecule has 0 spiro atoms. The topological polar surface area (TPSA) is 86.4 Å². The van der Waals surface area contributed by atoms with E-state index in [1.54, 1.807) is 0 Å². The second-order valence-corrected chi connectivity index (χ2v) is 8.85. The van der Waals surface area contributed by atoms with E-state index in [-0.39, 0.29) is 11.1 Å². The molecule has 0 bridgehead atoms. The molecule has 32 heavy (non-hydrogen) atoms. The molecule has 0 radical (unpaired) electrons. The van der Waals surface area contributed by atoms with Crippen LogP contribution in [-0.2, 0) is 24.9 Å². The standard InChI is InChI=1S/C24H21N3O4S/c1-14-19(25-23(31-14)15-6-4-3-5-7-15)13-30-18-8-9-20-16(11-18)10-17(27(20)2)12-21-22(28)26-24(29)32-21/h3-11,21H,12-13H2,1-2H3,(H,26,28,29). The van der Waals surface area contributed by atoms with Crippen molar-refractivity contribution in [1.82, 2.24) is 14.9 Å². The Bertz CT molecular complexity index is 1330. The van der Waals surface area contributed by atoms with E-state index in [4.69, 9.17) is 9.15 Å². The summed E-state index contributed by atoms with van der Waals surface area (Å²) in [5.74, 6) is 1.81. The minimum atomic E-state index is -0.393. The highest BCUT2D eigenvalue weighted by Crippen LogP contribution is 2.29. The van der Waals surface area contributed by atoms with Gasteiger partial charge in [0.25, 0.3) is 5.24 Å². The Hall–Kier alpha value is -3.52.